The molecule has 9 heteroatoms. The van der Waals surface area contributed by atoms with E-state index in [4.69, 9.17) is 10.5 Å². The number of anilines is 2. The summed E-state index contributed by atoms with van der Waals surface area (Å²) in [6, 6.07) is 13.4. The lowest BCUT2D eigenvalue weighted by Gasteiger charge is -2.36. The molecule has 1 aliphatic rings. The van der Waals surface area contributed by atoms with Crippen LogP contribution in [0.4, 0.5) is 17.1 Å². The number of nitro groups is 1. The van der Waals surface area contributed by atoms with E-state index in [9.17, 15) is 19.7 Å². The second-order valence-electron chi connectivity index (χ2n) is 6.31. The Kier molecular flexibility index (Phi) is 5.73. The van der Waals surface area contributed by atoms with Crippen molar-refractivity contribution in [3.63, 3.8) is 0 Å². The third-order valence-corrected chi connectivity index (χ3v) is 4.55. The Hall–Kier alpha value is -3.62. The molecular weight excluding hydrogens is 364 g/mol. The van der Waals surface area contributed by atoms with Gasteiger partial charge in [-0.25, -0.2) is 4.79 Å². The molecule has 2 N–H and O–H groups in total. The van der Waals surface area contributed by atoms with Crippen molar-refractivity contribution in [2.24, 2.45) is 0 Å². The van der Waals surface area contributed by atoms with Gasteiger partial charge in [-0.15, -0.1) is 0 Å². The summed E-state index contributed by atoms with van der Waals surface area (Å²) in [5, 5.41) is 10.7. The summed E-state index contributed by atoms with van der Waals surface area (Å²) in [5.74, 6) is -1.08. The van der Waals surface area contributed by atoms with Crippen LogP contribution >= 0.6 is 0 Å². The third-order valence-electron chi connectivity index (χ3n) is 4.55. The number of hydrogen-bond acceptors (Lipinski definition) is 7. The van der Waals surface area contributed by atoms with E-state index in [1.54, 1.807) is 4.90 Å². The Balaban J connectivity index is 1.51. The van der Waals surface area contributed by atoms with Gasteiger partial charge in [0.15, 0.2) is 6.61 Å². The molecule has 0 radical (unpaired) electrons. The van der Waals surface area contributed by atoms with Crippen LogP contribution in [-0.4, -0.2) is 54.5 Å². The van der Waals surface area contributed by atoms with Gasteiger partial charge < -0.3 is 20.3 Å². The predicted octanol–water partition coefficient (Wildman–Crippen LogP) is 1.68. The van der Waals surface area contributed by atoms with Gasteiger partial charge in [-0.05, 0) is 18.2 Å². The van der Waals surface area contributed by atoms with E-state index in [1.165, 1.54) is 6.07 Å². The third kappa shape index (κ3) is 4.37. The maximum Gasteiger partial charge on any atom is 0.340 e. The molecule has 0 unspecified atom stereocenters. The van der Waals surface area contributed by atoms with Crippen molar-refractivity contribution >= 4 is 28.9 Å². The number of carbonyl (C=O) groups is 2. The number of carbonyl (C=O) groups excluding carboxylic acids is 2. The van der Waals surface area contributed by atoms with Crippen molar-refractivity contribution in [1.82, 2.24) is 4.90 Å². The number of nitro benzene ring substituents is 1. The maximum absolute atomic E-state index is 12.3. The van der Waals surface area contributed by atoms with Gasteiger partial charge in [-0.3, -0.25) is 14.9 Å². The van der Waals surface area contributed by atoms with Crippen molar-refractivity contribution in [3.8, 4) is 0 Å². The predicted molar refractivity (Wildman–Crippen MR) is 103 cm³/mol. The van der Waals surface area contributed by atoms with Gasteiger partial charge in [0.1, 0.15) is 0 Å². The summed E-state index contributed by atoms with van der Waals surface area (Å²) >= 11 is 0. The van der Waals surface area contributed by atoms with E-state index in [1.807, 2.05) is 30.3 Å². The van der Waals surface area contributed by atoms with Crippen molar-refractivity contribution in [2.75, 3.05) is 43.4 Å². The van der Waals surface area contributed by atoms with Crippen molar-refractivity contribution in [1.29, 1.82) is 0 Å². The molecule has 28 heavy (non-hydrogen) atoms. The Morgan fingerprint density at radius 1 is 1.07 bits per heavy atom. The second kappa shape index (κ2) is 8.38. The topological polar surface area (TPSA) is 119 Å². The zero-order valence-electron chi connectivity index (χ0n) is 15.1. The number of nitrogens with two attached hydrogens (primary N) is 1. The highest BCUT2D eigenvalue weighted by molar-refractivity contribution is 5.96. The van der Waals surface area contributed by atoms with Crippen LogP contribution in [0.5, 0.6) is 0 Å². The van der Waals surface area contributed by atoms with Gasteiger partial charge >= 0.3 is 5.97 Å². The van der Waals surface area contributed by atoms with Crippen molar-refractivity contribution < 1.29 is 19.2 Å². The minimum Gasteiger partial charge on any atom is -0.452 e. The van der Waals surface area contributed by atoms with Gasteiger partial charge in [-0.2, -0.15) is 0 Å². The standard InChI is InChI=1S/C19H20N4O5/c20-17-12-15(23(26)27)6-7-16(17)19(25)28-13-18(24)22-10-8-21(9-11-22)14-4-2-1-3-5-14/h1-7,12H,8-11,13,20H2. The highest BCUT2D eigenvalue weighted by Crippen LogP contribution is 2.20. The Morgan fingerprint density at radius 3 is 2.36 bits per heavy atom. The first-order chi connectivity index (χ1) is 13.5. The molecule has 1 heterocycles. The summed E-state index contributed by atoms with van der Waals surface area (Å²) in [7, 11) is 0. The first-order valence-corrected chi connectivity index (χ1v) is 8.74. The van der Waals surface area contributed by atoms with E-state index < -0.39 is 17.5 Å². The number of esters is 1. The molecule has 0 spiro atoms. The number of nitrogens with zero attached hydrogens (tertiary/aromatic N) is 3. The lowest BCUT2D eigenvalue weighted by Crippen LogP contribution is -2.49. The molecule has 146 valence electrons. The summed E-state index contributed by atoms with van der Waals surface area (Å²) < 4.78 is 5.04. The number of benzene rings is 2. The smallest absolute Gasteiger partial charge is 0.340 e. The van der Waals surface area contributed by atoms with Gasteiger partial charge in [0.2, 0.25) is 0 Å². The molecule has 2 aromatic carbocycles. The van der Waals surface area contributed by atoms with E-state index >= 15 is 0 Å². The maximum atomic E-state index is 12.3. The van der Waals surface area contributed by atoms with E-state index in [2.05, 4.69) is 4.90 Å². The zero-order valence-corrected chi connectivity index (χ0v) is 15.1. The molecule has 9 nitrogen and oxygen atoms in total. The van der Waals surface area contributed by atoms with Crippen molar-refractivity contribution in [2.45, 2.75) is 0 Å². The number of nitrogen functional groups attached to an aromatic ring is 1. The Bertz CT molecular complexity index is 879. The molecule has 0 saturated carbocycles. The number of rotatable bonds is 5. The molecule has 2 aromatic rings. The fourth-order valence-electron chi connectivity index (χ4n) is 3.00. The number of non-ortho nitro benzene ring substituents is 1. The van der Waals surface area contributed by atoms with Crippen LogP contribution in [-0.2, 0) is 9.53 Å². The first kappa shape index (κ1) is 19.2. The molecule has 1 fully saturated rings. The number of para-hydroxylation sites is 1. The van der Waals surface area contributed by atoms with Crippen LogP contribution in [0.1, 0.15) is 10.4 Å². The molecule has 0 aliphatic carbocycles. The Morgan fingerprint density at radius 2 is 1.75 bits per heavy atom. The van der Waals surface area contributed by atoms with Crippen LogP contribution in [0.3, 0.4) is 0 Å². The van der Waals surface area contributed by atoms with Crippen LogP contribution in [0.25, 0.3) is 0 Å². The van der Waals surface area contributed by atoms with E-state index in [-0.39, 0.29) is 22.8 Å². The van der Waals surface area contributed by atoms with Crippen LogP contribution in [0.2, 0.25) is 0 Å². The molecule has 0 atom stereocenters. The van der Waals surface area contributed by atoms with Crippen LogP contribution in [0.15, 0.2) is 48.5 Å². The fraction of sp³-hybridized carbons (Fsp3) is 0.263. The second-order valence-corrected chi connectivity index (χ2v) is 6.31. The van der Waals surface area contributed by atoms with Crippen LogP contribution < -0.4 is 10.6 Å². The zero-order chi connectivity index (χ0) is 20.1. The van der Waals surface area contributed by atoms with Crippen LogP contribution in [0, 0.1) is 10.1 Å². The summed E-state index contributed by atoms with van der Waals surface area (Å²) in [6.45, 7) is 2.05. The quantitative estimate of drug-likeness (QED) is 0.360. The fourth-order valence-corrected chi connectivity index (χ4v) is 3.00. The minimum atomic E-state index is -0.788. The number of amides is 1. The molecule has 0 bridgehead atoms. The molecule has 3 rings (SSSR count). The molecular formula is C19H20N4O5. The number of piperazine rings is 1. The average molecular weight is 384 g/mol. The number of hydrogen-bond donors (Lipinski definition) is 1. The highest BCUT2D eigenvalue weighted by atomic mass is 16.6. The monoisotopic (exact) mass is 384 g/mol. The van der Waals surface area contributed by atoms with Gasteiger partial charge in [0, 0.05) is 44.0 Å². The largest absolute Gasteiger partial charge is 0.452 e. The lowest BCUT2D eigenvalue weighted by molar-refractivity contribution is -0.384. The summed E-state index contributed by atoms with van der Waals surface area (Å²) in [6.07, 6.45) is 0. The highest BCUT2D eigenvalue weighted by Gasteiger charge is 2.23. The van der Waals surface area contributed by atoms with Crippen molar-refractivity contribution in [3.05, 3.63) is 64.2 Å². The average Bonchev–Trinajstić information content (AvgIpc) is 2.72. The van der Waals surface area contributed by atoms with Gasteiger partial charge in [-0.1, -0.05) is 18.2 Å². The SMILES string of the molecule is Nc1cc([N+](=O)[O-])ccc1C(=O)OCC(=O)N1CCN(c2ccccc2)CC1. The van der Waals surface area contributed by atoms with E-state index in [0.29, 0.717) is 26.2 Å². The molecule has 1 amide bonds. The molecule has 1 saturated heterocycles. The van der Waals surface area contributed by atoms with Gasteiger partial charge in [0.25, 0.3) is 11.6 Å². The summed E-state index contributed by atoms with van der Waals surface area (Å²) in [4.78, 5) is 38.4. The lowest BCUT2D eigenvalue weighted by atomic mass is 10.1. The van der Waals surface area contributed by atoms with Gasteiger partial charge in [0.05, 0.1) is 16.2 Å². The molecule has 0 aromatic heterocycles. The Labute approximate surface area is 161 Å². The summed E-state index contributed by atoms with van der Waals surface area (Å²) in [5.41, 5.74) is 6.49. The normalized spacial score (nSPS) is 13.9. The molecule has 1 aliphatic heterocycles. The first-order valence-electron chi connectivity index (χ1n) is 8.74. The van der Waals surface area contributed by atoms with E-state index in [0.717, 1.165) is 17.8 Å². The minimum absolute atomic E-state index is 0.00713. The number of ether oxygens (including phenoxy) is 1.